The van der Waals surface area contributed by atoms with Crippen molar-refractivity contribution in [3.8, 4) is 0 Å². The zero-order valence-electron chi connectivity index (χ0n) is 7.23. The first-order valence-corrected chi connectivity index (χ1v) is 3.84. The molecule has 1 unspecified atom stereocenters. The van der Waals surface area contributed by atoms with Crippen LogP contribution in [0.4, 0.5) is 0 Å². The molecule has 0 aromatic heterocycles. The monoisotopic (exact) mass is 150 g/mol. The van der Waals surface area contributed by atoms with E-state index in [1.54, 1.807) is 0 Å². The van der Waals surface area contributed by atoms with Gasteiger partial charge in [0.1, 0.15) is 0 Å². The largest absolute Gasteiger partial charge is 0.301 e. The molecular formula is C9H11NO. The van der Waals surface area contributed by atoms with Crippen LogP contribution < -0.4 is 5.47 Å². The minimum absolute atomic E-state index is 0.117. The van der Waals surface area contributed by atoms with Crippen molar-refractivity contribution in [3.63, 3.8) is 0 Å². The van der Waals surface area contributed by atoms with E-state index in [-0.39, 0.29) is 6.04 Å². The standard InChI is InChI=1S/C9H11NO/c1-2-4-8(5-3-1)9-6-7-11-10-9/h1-5,9-10H,6-7H2/i/hD. The first kappa shape index (κ1) is 5.75. The molecule has 1 aliphatic heterocycles. The highest BCUT2D eigenvalue weighted by Crippen LogP contribution is 2.19. The van der Waals surface area contributed by atoms with E-state index in [2.05, 4.69) is 0 Å². The summed E-state index contributed by atoms with van der Waals surface area (Å²) in [5.74, 6) is 0. The van der Waals surface area contributed by atoms with Crippen LogP contribution in [-0.2, 0) is 4.84 Å². The predicted octanol–water partition coefficient (Wildman–Crippen LogP) is 1.65. The van der Waals surface area contributed by atoms with Gasteiger partial charge in [0.05, 0.1) is 12.6 Å². The van der Waals surface area contributed by atoms with Crippen molar-refractivity contribution in [2.75, 3.05) is 6.61 Å². The Morgan fingerprint density at radius 2 is 2.27 bits per heavy atom. The van der Waals surface area contributed by atoms with E-state index in [0.29, 0.717) is 6.61 Å². The topological polar surface area (TPSA) is 21.3 Å². The molecule has 1 heterocycles. The van der Waals surface area contributed by atoms with Gasteiger partial charge in [0.2, 0.25) is 0 Å². The molecule has 0 saturated carbocycles. The van der Waals surface area contributed by atoms with Crippen LogP contribution in [0.5, 0.6) is 0 Å². The van der Waals surface area contributed by atoms with E-state index in [9.17, 15) is 0 Å². The Bertz CT molecular complexity index is 252. The van der Waals surface area contributed by atoms with Crippen LogP contribution in [0.3, 0.4) is 0 Å². The molecule has 0 aliphatic carbocycles. The first-order chi connectivity index (χ1) is 5.88. The Kier molecular flexibility index (Phi) is 1.58. The van der Waals surface area contributed by atoms with Crippen LogP contribution in [0.15, 0.2) is 30.3 Å². The fourth-order valence-corrected chi connectivity index (χ4v) is 1.26. The minimum atomic E-state index is 0.117. The van der Waals surface area contributed by atoms with Gasteiger partial charge in [-0.15, -0.1) is 0 Å². The van der Waals surface area contributed by atoms with Gasteiger partial charge in [-0.05, 0) is 12.0 Å². The number of rotatable bonds is 1. The van der Waals surface area contributed by atoms with Crippen LogP contribution in [0, 0.1) is 0 Å². The van der Waals surface area contributed by atoms with Gasteiger partial charge in [0, 0.05) is 0 Å². The number of hydrogen-bond donors (Lipinski definition) is 1. The second kappa shape index (κ2) is 3.03. The van der Waals surface area contributed by atoms with Gasteiger partial charge in [-0.3, -0.25) is 0 Å². The molecule has 1 atom stereocenters. The average Bonchev–Trinajstić information content (AvgIpc) is 2.53. The van der Waals surface area contributed by atoms with Crippen LogP contribution in [0.2, 0.25) is 1.41 Å². The Balaban J connectivity index is 2.19. The molecule has 11 heavy (non-hydrogen) atoms. The summed E-state index contributed by atoms with van der Waals surface area (Å²) in [5, 5.41) is 0. The lowest BCUT2D eigenvalue weighted by Crippen LogP contribution is -2.10. The van der Waals surface area contributed by atoms with E-state index in [0.717, 1.165) is 12.0 Å². The Morgan fingerprint density at radius 3 is 2.91 bits per heavy atom. The van der Waals surface area contributed by atoms with E-state index < -0.39 is 0 Å². The van der Waals surface area contributed by atoms with Crippen molar-refractivity contribution in [3.05, 3.63) is 35.9 Å². The Hall–Kier alpha value is -0.860. The van der Waals surface area contributed by atoms with Gasteiger partial charge in [-0.1, -0.05) is 30.3 Å². The third-order valence-corrected chi connectivity index (χ3v) is 1.87. The third-order valence-electron chi connectivity index (χ3n) is 1.87. The average molecular weight is 150 g/mol. The van der Waals surface area contributed by atoms with Gasteiger partial charge < -0.3 is 4.84 Å². The number of hydrogen-bond acceptors (Lipinski definition) is 2. The highest BCUT2D eigenvalue weighted by molar-refractivity contribution is 5.18. The summed E-state index contributed by atoms with van der Waals surface area (Å²) in [5.41, 5.74) is 2.35. The summed E-state index contributed by atoms with van der Waals surface area (Å²) in [7, 11) is 0. The van der Waals surface area contributed by atoms with Crippen molar-refractivity contribution in [2.45, 2.75) is 12.5 Å². The highest BCUT2D eigenvalue weighted by Gasteiger charge is 2.15. The molecule has 0 amide bonds. The molecule has 0 spiro atoms. The van der Waals surface area contributed by atoms with E-state index >= 15 is 0 Å². The van der Waals surface area contributed by atoms with Gasteiger partial charge >= 0.3 is 0 Å². The highest BCUT2D eigenvalue weighted by atomic mass is 16.7. The zero-order valence-corrected chi connectivity index (χ0v) is 6.23. The first-order valence-electron chi connectivity index (χ1n) is 4.28. The summed E-state index contributed by atoms with van der Waals surface area (Å²) >= 11 is 0. The second-order valence-electron chi connectivity index (χ2n) is 2.65. The maximum absolute atomic E-state index is 7.44. The molecule has 1 saturated heterocycles. The van der Waals surface area contributed by atoms with Crippen molar-refractivity contribution >= 4 is 0 Å². The van der Waals surface area contributed by atoms with Gasteiger partial charge in [0.15, 0.2) is 1.41 Å². The number of nitrogens with one attached hydrogen (secondary N) is 1. The lowest BCUT2D eigenvalue weighted by atomic mass is 10.1. The van der Waals surface area contributed by atoms with Crippen molar-refractivity contribution in [1.29, 1.82) is 0 Å². The van der Waals surface area contributed by atoms with Crippen molar-refractivity contribution in [2.24, 2.45) is 0 Å². The summed E-state index contributed by atoms with van der Waals surface area (Å²) in [6.07, 6.45) is 0.910. The predicted molar refractivity (Wildman–Crippen MR) is 42.9 cm³/mol. The van der Waals surface area contributed by atoms with Gasteiger partial charge in [-0.2, -0.15) is 5.47 Å². The molecule has 1 N–H and O–H groups in total. The van der Waals surface area contributed by atoms with Crippen LogP contribution >= 0.6 is 0 Å². The van der Waals surface area contributed by atoms with Gasteiger partial charge in [-0.25, -0.2) is 0 Å². The van der Waals surface area contributed by atoms with Gasteiger partial charge in [0.25, 0.3) is 0 Å². The van der Waals surface area contributed by atoms with Crippen molar-refractivity contribution in [1.82, 2.24) is 5.47 Å². The minimum Gasteiger partial charge on any atom is -0.301 e. The number of hydroxylamine groups is 1. The molecule has 1 aliphatic rings. The third kappa shape index (κ3) is 1.42. The molecule has 2 nitrogen and oxygen atoms in total. The molecule has 0 radical (unpaired) electrons. The maximum Gasteiger partial charge on any atom is 0.156 e. The normalized spacial score (nSPS) is 26.9. The lowest BCUT2D eigenvalue weighted by molar-refractivity contribution is 0.0883. The molecule has 1 aromatic carbocycles. The fraction of sp³-hybridized carbons (Fsp3) is 0.333. The molecule has 58 valence electrons. The molecule has 2 heteroatoms. The van der Waals surface area contributed by atoms with Crippen LogP contribution in [-0.4, -0.2) is 6.61 Å². The maximum atomic E-state index is 7.44. The molecule has 2 rings (SSSR count). The van der Waals surface area contributed by atoms with E-state index in [4.69, 9.17) is 6.25 Å². The SMILES string of the molecule is [2H]N1OCCC1c1ccccc1. The molecule has 0 bridgehead atoms. The van der Waals surface area contributed by atoms with Crippen LogP contribution in [0.25, 0.3) is 0 Å². The fourth-order valence-electron chi connectivity index (χ4n) is 1.26. The quantitative estimate of drug-likeness (QED) is 0.657. The molecular weight excluding hydrogens is 138 g/mol. The van der Waals surface area contributed by atoms with Crippen LogP contribution in [0.1, 0.15) is 18.0 Å². The lowest BCUT2D eigenvalue weighted by Gasteiger charge is -2.06. The van der Waals surface area contributed by atoms with Crippen molar-refractivity contribution < 1.29 is 6.25 Å². The Labute approximate surface area is 67.6 Å². The Morgan fingerprint density at radius 1 is 1.45 bits per heavy atom. The zero-order chi connectivity index (χ0) is 8.39. The van der Waals surface area contributed by atoms with E-state index in [1.807, 2.05) is 30.3 Å². The van der Waals surface area contributed by atoms with E-state index in [1.165, 1.54) is 5.47 Å². The summed E-state index contributed by atoms with van der Waals surface area (Å²) in [4.78, 5) is 5.02. The summed E-state index contributed by atoms with van der Waals surface area (Å²) in [6, 6.07) is 10.1. The molecule has 1 aromatic rings. The number of benzene rings is 1. The summed E-state index contributed by atoms with van der Waals surface area (Å²) in [6.45, 7) is 0.656. The smallest absolute Gasteiger partial charge is 0.156 e. The second-order valence-corrected chi connectivity index (χ2v) is 2.65. The summed E-state index contributed by atoms with van der Waals surface area (Å²) < 4.78 is 7.44. The molecule has 1 fully saturated rings.